The van der Waals surface area contributed by atoms with Gasteiger partial charge in [-0.2, -0.15) is 4.31 Å². The lowest BCUT2D eigenvalue weighted by molar-refractivity contribution is 0.0729. The number of nitrogens with zero attached hydrogens (tertiary/aromatic N) is 1. The van der Waals surface area contributed by atoms with Gasteiger partial charge in [-0.05, 0) is 37.6 Å². The number of nitrogens with one attached hydrogen (secondary N) is 2. The van der Waals surface area contributed by atoms with Gasteiger partial charge in [-0.25, -0.2) is 8.42 Å². The van der Waals surface area contributed by atoms with Crippen molar-refractivity contribution in [2.75, 3.05) is 46.5 Å². The predicted molar refractivity (Wildman–Crippen MR) is 103 cm³/mol. The third kappa shape index (κ3) is 5.11. The van der Waals surface area contributed by atoms with Crippen LogP contribution in [-0.4, -0.2) is 71.2 Å². The lowest BCUT2D eigenvalue weighted by Gasteiger charge is -2.27. The number of carbonyl (C=O) groups is 1. The van der Waals surface area contributed by atoms with Crippen molar-refractivity contribution in [1.29, 1.82) is 0 Å². The molecule has 1 aromatic carbocycles. The Hall–Kier alpha value is -1.39. The lowest BCUT2D eigenvalue weighted by atomic mass is 10.1. The van der Waals surface area contributed by atoms with Crippen molar-refractivity contribution in [3.63, 3.8) is 0 Å². The Kier molecular flexibility index (Phi) is 7.87. The van der Waals surface area contributed by atoms with Crippen LogP contribution in [0.25, 0.3) is 0 Å². The van der Waals surface area contributed by atoms with Gasteiger partial charge >= 0.3 is 0 Å². The van der Waals surface area contributed by atoms with Crippen molar-refractivity contribution >= 4 is 28.3 Å². The van der Waals surface area contributed by atoms with Crippen LogP contribution in [-0.2, 0) is 14.8 Å². The van der Waals surface area contributed by atoms with Crippen LogP contribution >= 0.6 is 12.4 Å². The van der Waals surface area contributed by atoms with E-state index in [1.165, 1.54) is 23.5 Å². The molecule has 0 spiro atoms. The van der Waals surface area contributed by atoms with E-state index >= 15 is 0 Å². The van der Waals surface area contributed by atoms with Crippen LogP contribution in [0.15, 0.2) is 23.1 Å². The van der Waals surface area contributed by atoms with Crippen molar-refractivity contribution in [3.05, 3.63) is 23.8 Å². The topological polar surface area (TPSA) is 97.0 Å². The zero-order valence-electron chi connectivity index (χ0n) is 15.3. The highest BCUT2D eigenvalue weighted by atomic mass is 35.5. The molecule has 0 unspecified atom stereocenters. The Balaban J connectivity index is 0.00000261. The summed E-state index contributed by atoms with van der Waals surface area (Å²) in [4.78, 5) is 12.6. The Morgan fingerprint density at radius 2 is 2.07 bits per heavy atom. The number of carbonyl (C=O) groups excluding carboxylic acids is 1. The number of piperidine rings is 1. The summed E-state index contributed by atoms with van der Waals surface area (Å²) < 4.78 is 37.8. The van der Waals surface area contributed by atoms with Crippen LogP contribution in [0.5, 0.6) is 5.75 Å². The molecule has 2 aliphatic rings. The molecule has 1 atom stereocenters. The van der Waals surface area contributed by atoms with Gasteiger partial charge in [-0.15, -0.1) is 12.4 Å². The summed E-state index contributed by atoms with van der Waals surface area (Å²) >= 11 is 0. The van der Waals surface area contributed by atoms with Crippen molar-refractivity contribution in [1.82, 2.24) is 14.9 Å². The summed E-state index contributed by atoms with van der Waals surface area (Å²) in [5, 5.41) is 6.20. The Bertz CT molecular complexity index is 747. The first-order chi connectivity index (χ1) is 12.5. The van der Waals surface area contributed by atoms with Crippen LogP contribution in [0.2, 0.25) is 0 Å². The molecule has 2 saturated heterocycles. The molecule has 152 valence electrons. The summed E-state index contributed by atoms with van der Waals surface area (Å²) in [6.45, 7) is 2.97. The minimum atomic E-state index is -3.76. The van der Waals surface area contributed by atoms with Gasteiger partial charge in [0.2, 0.25) is 10.0 Å². The van der Waals surface area contributed by atoms with E-state index in [2.05, 4.69) is 10.6 Å². The quantitative estimate of drug-likeness (QED) is 0.726. The fourth-order valence-electron chi connectivity index (χ4n) is 3.19. The number of benzene rings is 1. The van der Waals surface area contributed by atoms with E-state index in [0.29, 0.717) is 18.8 Å². The van der Waals surface area contributed by atoms with Crippen LogP contribution in [0.3, 0.4) is 0 Å². The molecule has 0 aromatic heterocycles. The van der Waals surface area contributed by atoms with Gasteiger partial charge in [-0.1, -0.05) is 0 Å². The van der Waals surface area contributed by atoms with E-state index < -0.39 is 10.0 Å². The highest BCUT2D eigenvalue weighted by molar-refractivity contribution is 7.89. The summed E-state index contributed by atoms with van der Waals surface area (Å²) in [6, 6.07) is 4.57. The van der Waals surface area contributed by atoms with Crippen LogP contribution in [0.1, 0.15) is 23.2 Å². The summed E-state index contributed by atoms with van der Waals surface area (Å²) in [5.74, 6) is -0.0489. The van der Waals surface area contributed by atoms with Crippen LogP contribution in [0, 0.1) is 0 Å². The number of halogens is 1. The highest BCUT2D eigenvalue weighted by Gasteiger charge is 2.30. The van der Waals surface area contributed by atoms with E-state index in [4.69, 9.17) is 9.47 Å². The monoisotopic (exact) mass is 419 g/mol. The van der Waals surface area contributed by atoms with Crippen molar-refractivity contribution in [2.45, 2.75) is 23.8 Å². The molecule has 0 radical (unpaired) electrons. The van der Waals surface area contributed by atoms with Crippen LogP contribution < -0.4 is 15.4 Å². The Labute approximate surface area is 166 Å². The summed E-state index contributed by atoms with van der Waals surface area (Å²) in [5.41, 5.74) is 0.309. The highest BCUT2D eigenvalue weighted by Crippen LogP contribution is 2.28. The lowest BCUT2D eigenvalue weighted by Crippen LogP contribution is -2.45. The van der Waals surface area contributed by atoms with Gasteiger partial charge in [0.05, 0.1) is 20.3 Å². The maximum atomic E-state index is 13.0. The number of methoxy groups -OCH3 is 1. The number of hydrogen-bond donors (Lipinski definition) is 2. The van der Waals surface area contributed by atoms with Gasteiger partial charge in [0, 0.05) is 31.2 Å². The minimum Gasteiger partial charge on any atom is -0.495 e. The summed E-state index contributed by atoms with van der Waals surface area (Å²) in [6.07, 6.45) is 1.91. The fraction of sp³-hybridized carbons (Fsp3) is 0.588. The maximum Gasteiger partial charge on any atom is 0.251 e. The molecule has 10 heteroatoms. The first kappa shape index (κ1) is 21.9. The van der Waals surface area contributed by atoms with E-state index in [9.17, 15) is 13.2 Å². The van der Waals surface area contributed by atoms with Gasteiger partial charge in [0.1, 0.15) is 10.6 Å². The maximum absolute atomic E-state index is 13.0. The number of hydrogen-bond acceptors (Lipinski definition) is 6. The molecule has 8 nitrogen and oxygen atoms in total. The van der Waals surface area contributed by atoms with E-state index in [0.717, 1.165) is 25.9 Å². The smallest absolute Gasteiger partial charge is 0.251 e. The molecular weight excluding hydrogens is 394 g/mol. The third-order valence-electron chi connectivity index (χ3n) is 4.65. The molecule has 1 amide bonds. The second-order valence-corrected chi connectivity index (χ2v) is 8.31. The number of ether oxygens (including phenoxy) is 2. The summed E-state index contributed by atoms with van der Waals surface area (Å²) in [7, 11) is -2.34. The van der Waals surface area contributed by atoms with E-state index in [1.54, 1.807) is 6.07 Å². The Morgan fingerprint density at radius 1 is 1.33 bits per heavy atom. The molecule has 27 heavy (non-hydrogen) atoms. The number of amides is 1. The average Bonchev–Trinajstić information content (AvgIpc) is 2.69. The van der Waals surface area contributed by atoms with Gasteiger partial charge < -0.3 is 20.1 Å². The predicted octanol–water partition coefficient (Wildman–Crippen LogP) is 0.620. The Morgan fingerprint density at radius 3 is 2.70 bits per heavy atom. The molecule has 3 rings (SSSR count). The second-order valence-electron chi connectivity index (χ2n) is 6.40. The van der Waals surface area contributed by atoms with Crippen molar-refractivity contribution in [3.8, 4) is 5.75 Å². The largest absolute Gasteiger partial charge is 0.495 e. The third-order valence-corrected chi connectivity index (χ3v) is 6.57. The van der Waals surface area contributed by atoms with Gasteiger partial charge in [0.15, 0.2) is 0 Å². The normalized spacial score (nSPS) is 21.1. The van der Waals surface area contributed by atoms with Gasteiger partial charge in [0.25, 0.3) is 5.91 Å². The zero-order valence-corrected chi connectivity index (χ0v) is 16.9. The first-order valence-electron chi connectivity index (χ1n) is 8.80. The standard InChI is InChI=1S/C17H25N3O5S.ClH/c1-24-15-5-4-13(17(21)19-14-3-2-6-18-12-14)11-16(15)26(22,23)20-7-9-25-10-8-20;/h4-5,11,14,18H,2-3,6-10,12H2,1H3,(H,19,21);1H/t14-;/m0./s1. The molecule has 1 aromatic rings. The van der Waals surface area contributed by atoms with Crippen molar-refractivity contribution < 1.29 is 22.7 Å². The molecule has 2 N–H and O–H groups in total. The van der Waals surface area contributed by atoms with E-state index in [1.807, 2.05) is 0 Å². The number of rotatable bonds is 5. The van der Waals surface area contributed by atoms with Gasteiger partial charge in [-0.3, -0.25) is 4.79 Å². The van der Waals surface area contributed by atoms with E-state index in [-0.39, 0.29) is 48.1 Å². The number of sulfonamides is 1. The second kappa shape index (κ2) is 9.70. The SMILES string of the molecule is COc1ccc(C(=O)N[C@H]2CCCNC2)cc1S(=O)(=O)N1CCOCC1.Cl. The first-order valence-corrected chi connectivity index (χ1v) is 10.2. The number of morpholine rings is 1. The van der Waals surface area contributed by atoms with Crippen molar-refractivity contribution in [2.24, 2.45) is 0 Å². The molecule has 2 aliphatic heterocycles. The molecular formula is C17H26ClN3O5S. The fourth-order valence-corrected chi connectivity index (χ4v) is 4.78. The van der Waals surface area contributed by atoms with Crippen LogP contribution in [0.4, 0.5) is 0 Å². The molecule has 0 bridgehead atoms. The molecule has 0 aliphatic carbocycles. The minimum absolute atomic E-state index is 0. The molecule has 0 saturated carbocycles. The molecule has 2 fully saturated rings. The zero-order chi connectivity index (χ0) is 18.6. The molecule has 2 heterocycles. The average molecular weight is 420 g/mol.